The summed E-state index contributed by atoms with van der Waals surface area (Å²) >= 11 is 12.2. The van der Waals surface area contributed by atoms with Crippen LogP contribution in [0, 0.1) is 0 Å². The molecule has 104 valence electrons. The SMILES string of the molecule is S=P(c1ccccc1)(c1ccccc1)c1ccc(Cl)cc1. The van der Waals surface area contributed by atoms with Crippen molar-refractivity contribution in [2.45, 2.75) is 0 Å². The molecule has 0 nitrogen and oxygen atoms in total. The van der Waals surface area contributed by atoms with E-state index in [0.29, 0.717) is 0 Å². The average Bonchev–Trinajstić information content (AvgIpc) is 2.56. The van der Waals surface area contributed by atoms with Crippen LogP contribution < -0.4 is 15.9 Å². The maximum atomic E-state index is 6.21. The second-order valence-corrected chi connectivity index (χ2v) is 9.60. The first-order valence-electron chi connectivity index (χ1n) is 6.69. The highest BCUT2D eigenvalue weighted by Crippen LogP contribution is 2.42. The molecule has 0 aromatic heterocycles. The normalized spacial score (nSPS) is 11.3. The van der Waals surface area contributed by atoms with Gasteiger partial charge in [0, 0.05) is 11.1 Å². The lowest BCUT2D eigenvalue weighted by Gasteiger charge is -2.24. The molecule has 0 fully saturated rings. The molecule has 0 aliphatic heterocycles. The van der Waals surface area contributed by atoms with Crippen molar-refractivity contribution < 1.29 is 0 Å². The Kier molecular flexibility index (Phi) is 4.26. The Hall–Kier alpha value is -1.40. The summed E-state index contributed by atoms with van der Waals surface area (Å²) in [5, 5.41) is 4.31. The van der Waals surface area contributed by atoms with Crippen LogP contribution in [0.1, 0.15) is 0 Å². The molecule has 3 heteroatoms. The van der Waals surface area contributed by atoms with Crippen molar-refractivity contribution >= 4 is 45.4 Å². The largest absolute Gasteiger partial charge is 0.0843 e. The molecule has 0 aliphatic carbocycles. The summed E-state index contributed by atoms with van der Waals surface area (Å²) in [5.74, 6) is 0. The molecule has 0 aliphatic rings. The fourth-order valence-electron chi connectivity index (χ4n) is 2.37. The molecule has 3 aromatic rings. The van der Waals surface area contributed by atoms with Crippen LogP contribution in [0.15, 0.2) is 84.9 Å². The topological polar surface area (TPSA) is 0 Å². The highest BCUT2D eigenvalue weighted by atomic mass is 35.5. The molecule has 0 spiro atoms. The summed E-state index contributed by atoms with van der Waals surface area (Å²) < 4.78 is 0. The minimum atomic E-state index is -2.02. The predicted molar refractivity (Wildman–Crippen MR) is 97.5 cm³/mol. The van der Waals surface area contributed by atoms with Crippen molar-refractivity contribution in [1.29, 1.82) is 0 Å². The number of rotatable bonds is 3. The Morgan fingerprint density at radius 2 is 0.952 bits per heavy atom. The second-order valence-electron chi connectivity index (χ2n) is 4.76. The van der Waals surface area contributed by atoms with Gasteiger partial charge in [-0.3, -0.25) is 0 Å². The fourth-order valence-corrected chi connectivity index (χ4v) is 6.24. The molecule has 0 heterocycles. The molecule has 0 atom stereocenters. The van der Waals surface area contributed by atoms with Crippen LogP contribution >= 0.6 is 17.6 Å². The van der Waals surface area contributed by atoms with Crippen molar-refractivity contribution in [1.82, 2.24) is 0 Å². The van der Waals surface area contributed by atoms with Crippen molar-refractivity contribution in [2.75, 3.05) is 0 Å². The van der Waals surface area contributed by atoms with Crippen molar-refractivity contribution in [3.63, 3.8) is 0 Å². The average molecular weight is 329 g/mol. The molecule has 0 saturated heterocycles. The molecule has 21 heavy (non-hydrogen) atoms. The minimum Gasteiger partial charge on any atom is -0.0843 e. The van der Waals surface area contributed by atoms with Gasteiger partial charge in [-0.15, -0.1) is 0 Å². The van der Waals surface area contributed by atoms with Gasteiger partial charge in [-0.2, -0.15) is 0 Å². The molecule has 0 amide bonds. The molecule has 0 saturated carbocycles. The van der Waals surface area contributed by atoms with Gasteiger partial charge in [-0.05, 0) is 28.0 Å². The van der Waals surface area contributed by atoms with E-state index in [1.165, 1.54) is 15.9 Å². The highest BCUT2D eigenvalue weighted by molar-refractivity contribution is 8.25. The first kappa shape index (κ1) is 14.5. The van der Waals surface area contributed by atoms with Crippen LogP contribution in [0.5, 0.6) is 0 Å². The molecule has 0 bridgehead atoms. The van der Waals surface area contributed by atoms with E-state index in [0.717, 1.165) is 5.02 Å². The third-order valence-electron chi connectivity index (χ3n) is 3.43. The summed E-state index contributed by atoms with van der Waals surface area (Å²) in [6, 6.07) is 26.7. The van der Waals surface area contributed by atoms with E-state index in [1.807, 2.05) is 24.3 Å². The smallest absolute Gasteiger partial charge is 0.0406 e. The zero-order valence-corrected chi connectivity index (χ0v) is 13.8. The van der Waals surface area contributed by atoms with E-state index in [4.69, 9.17) is 23.4 Å². The summed E-state index contributed by atoms with van der Waals surface area (Å²) in [5.41, 5.74) is 0. The standard InChI is InChI=1S/C18H14ClPS/c19-15-11-13-18(14-12-15)20(21,16-7-3-1-4-8-16)17-9-5-2-6-10-17/h1-14H. The lowest BCUT2D eigenvalue weighted by Crippen LogP contribution is -2.24. The molecule has 3 rings (SSSR count). The fraction of sp³-hybridized carbons (Fsp3) is 0. The zero-order valence-electron chi connectivity index (χ0n) is 11.3. The van der Waals surface area contributed by atoms with Crippen molar-refractivity contribution in [3.8, 4) is 0 Å². The van der Waals surface area contributed by atoms with Crippen LogP contribution in [0.4, 0.5) is 0 Å². The highest BCUT2D eigenvalue weighted by Gasteiger charge is 2.24. The molecule has 3 aromatic carbocycles. The Balaban J connectivity index is 2.26. The third kappa shape index (κ3) is 2.82. The van der Waals surface area contributed by atoms with E-state index in [1.54, 1.807) is 0 Å². The van der Waals surface area contributed by atoms with E-state index in [-0.39, 0.29) is 0 Å². The first-order chi connectivity index (χ1) is 10.2. The van der Waals surface area contributed by atoms with Gasteiger partial charge in [0.05, 0.1) is 0 Å². The summed E-state index contributed by atoms with van der Waals surface area (Å²) in [6.07, 6.45) is 0. The second kappa shape index (κ2) is 6.15. The van der Waals surface area contributed by atoms with E-state index in [9.17, 15) is 0 Å². The van der Waals surface area contributed by atoms with Gasteiger partial charge in [0.2, 0.25) is 0 Å². The molecular formula is C18H14ClPS. The monoisotopic (exact) mass is 328 g/mol. The molecule has 0 unspecified atom stereocenters. The predicted octanol–water partition coefficient (Wildman–Crippen LogP) is 4.10. The Bertz CT molecular complexity index is 724. The number of hydrogen-bond donors (Lipinski definition) is 0. The summed E-state index contributed by atoms with van der Waals surface area (Å²) in [6.45, 7) is 0. The first-order valence-corrected chi connectivity index (χ1v) is 9.87. The van der Waals surface area contributed by atoms with Gasteiger partial charge in [-0.25, -0.2) is 0 Å². The van der Waals surface area contributed by atoms with Crippen LogP contribution in [0.3, 0.4) is 0 Å². The van der Waals surface area contributed by atoms with Crippen LogP contribution in [0.2, 0.25) is 5.02 Å². The Morgan fingerprint density at radius 3 is 1.38 bits per heavy atom. The molecule has 0 N–H and O–H groups in total. The van der Waals surface area contributed by atoms with Gasteiger partial charge in [-0.1, -0.05) is 96.2 Å². The Labute approximate surface area is 135 Å². The van der Waals surface area contributed by atoms with E-state index < -0.39 is 6.04 Å². The molecular weight excluding hydrogens is 315 g/mol. The van der Waals surface area contributed by atoms with E-state index >= 15 is 0 Å². The quantitative estimate of drug-likeness (QED) is 0.652. The lowest BCUT2D eigenvalue weighted by atomic mass is 10.4. The zero-order chi connectivity index (χ0) is 14.7. The van der Waals surface area contributed by atoms with Crippen LogP contribution in [-0.2, 0) is 11.8 Å². The summed E-state index contributed by atoms with van der Waals surface area (Å²) in [4.78, 5) is 0. The van der Waals surface area contributed by atoms with Gasteiger partial charge >= 0.3 is 0 Å². The van der Waals surface area contributed by atoms with Gasteiger partial charge in [0.25, 0.3) is 0 Å². The maximum absolute atomic E-state index is 6.21. The number of halogens is 1. The van der Waals surface area contributed by atoms with Gasteiger partial charge < -0.3 is 0 Å². The molecule has 0 radical (unpaired) electrons. The van der Waals surface area contributed by atoms with Crippen LogP contribution in [0.25, 0.3) is 0 Å². The van der Waals surface area contributed by atoms with Crippen molar-refractivity contribution in [2.24, 2.45) is 0 Å². The van der Waals surface area contributed by atoms with Gasteiger partial charge in [0.15, 0.2) is 0 Å². The summed E-state index contributed by atoms with van der Waals surface area (Å²) in [7, 11) is 0. The van der Waals surface area contributed by atoms with Crippen molar-refractivity contribution in [3.05, 3.63) is 90.0 Å². The Morgan fingerprint density at radius 1 is 0.571 bits per heavy atom. The maximum Gasteiger partial charge on any atom is 0.0406 e. The lowest BCUT2D eigenvalue weighted by molar-refractivity contribution is 1.73. The van der Waals surface area contributed by atoms with Gasteiger partial charge in [0.1, 0.15) is 0 Å². The number of hydrogen-bond acceptors (Lipinski definition) is 1. The van der Waals surface area contributed by atoms with E-state index in [2.05, 4.69) is 60.7 Å². The minimum absolute atomic E-state index is 0.737. The van der Waals surface area contributed by atoms with Crippen LogP contribution in [-0.4, -0.2) is 0 Å². The number of benzene rings is 3. The third-order valence-corrected chi connectivity index (χ3v) is 8.66.